The lowest BCUT2D eigenvalue weighted by Crippen LogP contribution is -2.47. The molecular weight excluding hydrogens is 353 g/mol. The van der Waals surface area contributed by atoms with Crippen molar-refractivity contribution in [1.29, 1.82) is 0 Å². The maximum Gasteiger partial charge on any atom is 0.146 e. The predicted molar refractivity (Wildman–Crippen MR) is 111 cm³/mol. The summed E-state index contributed by atoms with van der Waals surface area (Å²) in [6.07, 6.45) is 1.59. The van der Waals surface area contributed by atoms with Crippen LogP contribution in [-0.4, -0.2) is 36.1 Å². The Labute approximate surface area is 164 Å². The molecule has 28 heavy (non-hydrogen) atoms. The highest BCUT2D eigenvalue weighted by molar-refractivity contribution is 5.52. The third-order valence-electron chi connectivity index (χ3n) is 5.01. The van der Waals surface area contributed by atoms with Crippen LogP contribution in [-0.2, 0) is 6.54 Å². The van der Waals surface area contributed by atoms with Crippen molar-refractivity contribution in [2.24, 2.45) is 0 Å². The van der Waals surface area contributed by atoms with E-state index >= 15 is 0 Å². The molecule has 1 N–H and O–H groups in total. The molecule has 4 rings (SSSR count). The Bertz CT molecular complexity index is 937. The Kier molecular flexibility index (Phi) is 5.37. The summed E-state index contributed by atoms with van der Waals surface area (Å²) in [6, 6.07) is 17.3. The quantitative estimate of drug-likeness (QED) is 0.731. The lowest BCUT2D eigenvalue weighted by Gasteiger charge is -2.36. The van der Waals surface area contributed by atoms with Crippen molar-refractivity contribution in [3.05, 3.63) is 77.9 Å². The van der Waals surface area contributed by atoms with Gasteiger partial charge in [0.25, 0.3) is 0 Å². The number of nitrogens with one attached hydrogen (secondary N) is 1. The minimum Gasteiger partial charge on any atom is -0.366 e. The number of rotatable bonds is 5. The first kappa shape index (κ1) is 18.2. The van der Waals surface area contributed by atoms with Gasteiger partial charge in [0.05, 0.1) is 5.69 Å². The minimum atomic E-state index is -0.166. The van der Waals surface area contributed by atoms with E-state index in [1.54, 1.807) is 12.4 Å². The maximum atomic E-state index is 14.0. The number of hydrogen-bond acceptors (Lipinski definition) is 5. The molecule has 144 valence electrons. The van der Waals surface area contributed by atoms with Gasteiger partial charge in [-0.2, -0.15) is 0 Å². The van der Waals surface area contributed by atoms with Gasteiger partial charge in [0.15, 0.2) is 0 Å². The number of piperazine rings is 1. The van der Waals surface area contributed by atoms with Gasteiger partial charge >= 0.3 is 0 Å². The molecule has 2 aromatic carbocycles. The van der Waals surface area contributed by atoms with Crippen LogP contribution in [0.2, 0.25) is 0 Å². The molecule has 6 heteroatoms. The van der Waals surface area contributed by atoms with E-state index in [9.17, 15) is 4.39 Å². The molecule has 3 aromatic rings. The Morgan fingerprint density at radius 2 is 1.71 bits per heavy atom. The molecule has 1 saturated heterocycles. The lowest BCUT2D eigenvalue weighted by molar-refractivity contribution is 0.596. The highest BCUT2D eigenvalue weighted by atomic mass is 19.1. The molecule has 1 fully saturated rings. The zero-order valence-electron chi connectivity index (χ0n) is 16.0. The van der Waals surface area contributed by atoms with Crippen LogP contribution in [0.25, 0.3) is 0 Å². The van der Waals surface area contributed by atoms with Crippen LogP contribution in [0.3, 0.4) is 0 Å². The molecule has 0 radical (unpaired) electrons. The van der Waals surface area contributed by atoms with E-state index in [-0.39, 0.29) is 5.82 Å². The van der Waals surface area contributed by atoms with E-state index in [0.717, 1.165) is 44.4 Å². The van der Waals surface area contributed by atoms with Gasteiger partial charge in [-0.1, -0.05) is 42.0 Å². The van der Waals surface area contributed by atoms with Crippen LogP contribution in [0, 0.1) is 12.7 Å². The standard InChI is InChI=1S/C22H24FN5/c1-17-5-4-6-18(13-17)15-24-21-14-22(26-16-25-21)28-11-9-27(10-12-28)20-8-3-2-7-19(20)23/h2-8,13-14,16H,9-12,15H2,1H3,(H,24,25,26). The average Bonchev–Trinajstić information content (AvgIpc) is 2.73. The summed E-state index contributed by atoms with van der Waals surface area (Å²) in [5.41, 5.74) is 3.14. The summed E-state index contributed by atoms with van der Waals surface area (Å²) in [5.74, 6) is 1.54. The van der Waals surface area contributed by atoms with Crippen molar-refractivity contribution in [3.8, 4) is 0 Å². The summed E-state index contributed by atoms with van der Waals surface area (Å²) in [7, 11) is 0. The molecule has 0 spiro atoms. The topological polar surface area (TPSA) is 44.3 Å². The molecule has 0 bridgehead atoms. The maximum absolute atomic E-state index is 14.0. The SMILES string of the molecule is Cc1cccc(CNc2cc(N3CCN(c4ccccc4F)CC3)ncn2)c1. The van der Waals surface area contributed by atoms with Gasteiger partial charge in [0, 0.05) is 38.8 Å². The molecule has 5 nitrogen and oxygen atoms in total. The molecule has 0 saturated carbocycles. The first-order valence-electron chi connectivity index (χ1n) is 9.55. The van der Waals surface area contributed by atoms with E-state index in [0.29, 0.717) is 5.69 Å². The van der Waals surface area contributed by atoms with Gasteiger partial charge in [-0.15, -0.1) is 0 Å². The number of benzene rings is 2. The van der Waals surface area contributed by atoms with Gasteiger partial charge in [-0.05, 0) is 24.6 Å². The van der Waals surface area contributed by atoms with Gasteiger partial charge in [0.2, 0.25) is 0 Å². The number of aromatic nitrogens is 2. The fourth-order valence-corrected chi connectivity index (χ4v) is 3.52. The normalized spacial score (nSPS) is 14.2. The van der Waals surface area contributed by atoms with Gasteiger partial charge in [-0.25, -0.2) is 14.4 Å². The second-order valence-corrected chi connectivity index (χ2v) is 7.03. The van der Waals surface area contributed by atoms with Crippen molar-refractivity contribution in [1.82, 2.24) is 9.97 Å². The zero-order valence-corrected chi connectivity index (χ0v) is 16.0. The summed E-state index contributed by atoms with van der Waals surface area (Å²) in [4.78, 5) is 13.1. The van der Waals surface area contributed by atoms with Crippen molar-refractivity contribution in [2.45, 2.75) is 13.5 Å². The highest BCUT2D eigenvalue weighted by Crippen LogP contribution is 2.22. The Morgan fingerprint density at radius 1 is 0.929 bits per heavy atom. The minimum absolute atomic E-state index is 0.166. The van der Waals surface area contributed by atoms with Crippen LogP contribution in [0.1, 0.15) is 11.1 Å². The fraction of sp³-hybridized carbons (Fsp3) is 0.273. The Hall–Kier alpha value is -3.15. The fourth-order valence-electron chi connectivity index (χ4n) is 3.52. The highest BCUT2D eigenvalue weighted by Gasteiger charge is 2.20. The molecule has 2 heterocycles. The Balaban J connectivity index is 1.38. The molecular formula is C22H24FN5. The van der Waals surface area contributed by atoms with Crippen molar-refractivity contribution in [2.75, 3.05) is 41.3 Å². The monoisotopic (exact) mass is 377 g/mol. The van der Waals surface area contributed by atoms with E-state index < -0.39 is 0 Å². The molecule has 1 aromatic heterocycles. The van der Waals surface area contributed by atoms with Gasteiger partial charge in [0.1, 0.15) is 23.8 Å². The van der Waals surface area contributed by atoms with Crippen molar-refractivity contribution >= 4 is 17.3 Å². The molecule has 0 aliphatic carbocycles. The number of aryl methyl sites for hydroxylation is 1. The summed E-state index contributed by atoms with van der Waals surface area (Å²) in [5, 5.41) is 3.37. The van der Waals surface area contributed by atoms with Gasteiger partial charge < -0.3 is 15.1 Å². The van der Waals surface area contributed by atoms with E-state index in [1.807, 2.05) is 18.2 Å². The third-order valence-corrected chi connectivity index (χ3v) is 5.01. The van der Waals surface area contributed by atoms with Crippen LogP contribution >= 0.6 is 0 Å². The van der Waals surface area contributed by atoms with Crippen LogP contribution in [0.5, 0.6) is 0 Å². The molecule has 0 atom stereocenters. The predicted octanol–water partition coefficient (Wildman–Crippen LogP) is 3.86. The van der Waals surface area contributed by atoms with E-state index in [2.05, 4.69) is 56.3 Å². The average molecular weight is 377 g/mol. The smallest absolute Gasteiger partial charge is 0.146 e. The third kappa shape index (κ3) is 4.22. The second kappa shape index (κ2) is 8.25. The van der Waals surface area contributed by atoms with Crippen LogP contribution < -0.4 is 15.1 Å². The van der Waals surface area contributed by atoms with Gasteiger partial charge in [-0.3, -0.25) is 0 Å². The summed E-state index contributed by atoms with van der Waals surface area (Å²) >= 11 is 0. The van der Waals surface area contributed by atoms with Crippen molar-refractivity contribution in [3.63, 3.8) is 0 Å². The molecule has 0 amide bonds. The number of nitrogens with zero attached hydrogens (tertiary/aromatic N) is 4. The number of anilines is 3. The Morgan fingerprint density at radius 3 is 2.50 bits per heavy atom. The number of hydrogen-bond donors (Lipinski definition) is 1. The first-order chi connectivity index (χ1) is 13.7. The van der Waals surface area contributed by atoms with E-state index in [4.69, 9.17) is 0 Å². The number of para-hydroxylation sites is 1. The molecule has 0 unspecified atom stereocenters. The molecule has 1 aliphatic rings. The summed E-state index contributed by atoms with van der Waals surface area (Å²) < 4.78 is 14.0. The second-order valence-electron chi connectivity index (χ2n) is 7.03. The molecule has 1 aliphatic heterocycles. The number of halogens is 1. The van der Waals surface area contributed by atoms with Crippen molar-refractivity contribution < 1.29 is 4.39 Å². The van der Waals surface area contributed by atoms with Crippen LogP contribution in [0.4, 0.5) is 21.7 Å². The zero-order chi connectivity index (χ0) is 19.3. The largest absolute Gasteiger partial charge is 0.366 e. The lowest BCUT2D eigenvalue weighted by atomic mass is 10.1. The summed E-state index contributed by atoms with van der Waals surface area (Å²) in [6.45, 7) is 5.92. The van der Waals surface area contributed by atoms with Crippen LogP contribution in [0.15, 0.2) is 60.9 Å². The van der Waals surface area contributed by atoms with E-state index in [1.165, 1.54) is 17.2 Å². The first-order valence-corrected chi connectivity index (χ1v) is 9.55.